The van der Waals surface area contributed by atoms with Gasteiger partial charge in [-0.25, -0.2) is 18.7 Å². The molecule has 1 aliphatic rings. The molecule has 0 radical (unpaired) electrons. The highest BCUT2D eigenvalue weighted by atomic mass is 32.1. The average molecular weight is 843 g/mol. The third-order valence-corrected chi connectivity index (χ3v) is 6.74. The SMILES string of the molecule is CC#CC#CC#CC#CC#CC#CC(=O)O[C@H](COC(=O)C#CC#CC#CC#CC#CC)COP(=O)(O)OC1C(O)[C@@H](OP(=O)(O)O)C(O)[C@@H](O)[C@H]1O.S.[HH].[HH].[HH].[HH].[HH].[HH].[HH].[HH].[HH].[HH].[HH].[HH].[HH].[HH].[HH].[HH].[HH].[HH].[HH].[HH].[HH].[HH].[HH]. The average Bonchev–Trinajstić information content (AvgIpc) is 3.10. The van der Waals surface area contributed by atoms with Crippen LogP contribution in [0.2, 0.25) is 0 Å². The highest BCUT2D eigenvalue weighted by molar-refractivity contribution is 7.59. The van der Waals surface area contributed by atoms with E-state index in [1.54, 1.807) is 13.8 Å². The van der Waals surface area contributed by atoms with Gasteiger partial charge in [0.15, 0.2) is 6.10 Å². The van der Waals surface area contributed by atoms with Crippen molar-refractivity contribution < 1.29 is 110 Å². The highest BCUT2D eigenvalue weighted by Crippen LogP contribution is 2.48. The topological polar surface area (TPSA) is 256 Å². The molecule has 0 aromatic heterocycles. The zero-order chi connectivity index (χ0) is 39.7. The van der Waals surface area contributed by atoms with Gasteiger partial charge in [0.25, 0.3) is 0 Å². The summed E-state index contributed by atoms with van der Waals surface area (Å²) in [6.07, 6.45) is -15.7. The van der Waals surface area contributed by atoms with Crippen molar-refractivity contribution in [2.75, 3.05) is 13.2 Å². The van der Waals surface area contributed by atoms with E-state index in [0.29, 0.717) is 0 Å². The van der Waals surface area contributed by atoms with Crippen molar-refractivity contribution in [2.45, 2.75) is 56.6 Å². The van der Waals surface area contributed by atoms with E-state index in [1.807, 2.05) is 11.8 Å². The van der Waals surface area contributed by atoms with E-state index in [4.69, 9.17) is 28.3 Å². The van der Waals surface area contributed by atoms with Crippen LogP contribution in [0.4, 0.5) is 0 Å². The Labute approximate surface area is 351 Å². The van der Waals surface area contributed by atoms with Gasteiger partial charge in [-0.2, -0.15) is 13.5 Å². The minimum Gasteiger partial charge on any atom is -0.452 e. The van der Waals surface area contributed by atoms with Crippen LogP contribution in [0.3, 0.4) is 0 Å². The van der Waals surface area contributed by atoms with Gasteiger partial charge in [0.2, 0.25) is 0 Å². The van der Waals surface area contributed by atoms with Crippen molar-refractivity contribution in [3.05, 3.63) is 0 Å². The number of aliphatic hydroxyl groups excluding tert-OH is 4. The summed E-state index contributed by atoms with van der Waals surface area (Å²) in [6, 6.07) is 0. The summed E-state index contributed by atoms with van der Waals surface area (Å²) in [5, 5.41) is 40.6. The van der Waals surface area contributed by atoms with Gasteiger partial charge in [-0.15, -0.1) is 0 Å². The van der Waals surface area contributed by atoms with Crippen molar-refractivity contribution >= 4 is 41.1 Å². The van der Waals surface area contributed by atoms with E-state index in [-0.39, 0.29) is 46.3 Å². The van der Waals surface area contributed by atoms with Gasteiger partial charge < -0.3 is 44.6 Å². The lowest BCUT2D eigenvalue weighted by atomic mass is 9.85. The second-order valence-electron chi connectivity index (χ2n) is 8.98. The molecule has 1 saturated carbocycles. The van der Waals surface area contributed by atoms with Crippen molar-refractivity contribution in [3.63, 3.8) is 0 Å². The maximum absolute atomic E-state index is 12.7. The first-order valence-electron chi connectivity index (χ1n) is 14.0. The summed E-state index contributed by atoms with van der Waals surface area (Å²) >= 11 is 0. The van der Waals surface area contributed by atoms with Crippen molar-refractivity contribution in [1.82, 2.24) is 0 Å². The Hall–Kier alpha value is -5.49. The van der Waals surface area contributed by atoms with Crippen LogP contribution in [0.1, 0.15) is 46.7 Å². The third kappa shape index (κ3) is 21.1. The number of ether oxygens (including phenoxy) is 2. The summed E-state index contributed by atoms with van der Waals surface area (Å²) in [5.74, 6) is 48.4. The first-order valence-corrected chi connectivity index (χ1v) is 17.0. The number of carbonyl (C=O) groups is 2. The number of rotatable bonds is 10. The fourth-order valence-corrected chi connectivity index (χ4v) is 4.72. The van der Waals surface area contributed by atoms with Crippen molar-refractivity contribution in [1.29, 1.82) is 0 Å². The summed E-state index contributed by atoms with van der Waals surface area (Å²) in [7, 11) is -10.9. The van der Waals surface area contributed by atoms with Crippen LogP contribution >= 0.6 is 29.1 Å². The minimum atomic E-state index is -5.46. The van der Waals surface area contributed by atoms with Gasteiger partial charge in [-0.3, -0.25) is 13.6 Å². The molecule has 4 unspecified atom stereocenters. The Morgan fingerprint density at radius 3 is 1.39 bits per heavy atom. The molecule has 54 heavy (non-hydrogen) atoms. The number of aliphatic hydroxyl groups is 4. The van der Waals surface area contributed by atoms with Crippen LogP contribution in [-0.2, 0) is 41.8 Å². The molecule has 324 valence electrons. The molecule has 8 atom stereocenters. The normalized spacial score (nSPS) is 20.0. The van der Waals surface area contributed by atoms with Crippen LogP contribution in [0.25, 0.3) is 0 Å². The van der Waals surface area contributed by atoms with Crippen LogP contribution in [0, 0.1) is 130 Å². The summed E-state index contributed by atoms with van der Waals surface area (Å²) < 4.78 is 47.5. The van der Waals surface area contributed by atoms with Gasteiger partial charge in [0, 0.05) is 44.7 Å². The lowest BCUT2D eigenvalue weighted by molar-refractivity contribution is -0.216. The van der Waals surface area contributed by atoms with Crippen molar-refractivity contribution in [3.8, 4) is 130 Å². The Morgan fingerprint density at radius 1 is 0.574 bits per heavy atom. The van der Waals surface area contributed by atoms with Gasteiger partial charge in [0.1, 0.15) is 43.2 Å². The van der Waals surface area contributed by atoms with Crippen LogP contribution in [0.5, 0.6) is 0 Å². The molecule has 16 nitrogen and oxygen atoms in total. The monoisotopic (exact) mass is 842 g/mol. The standard InChI is InChI=1S/C35H24O16P2.H2S.23H2/c1-3-5-7-9-11-13-14-16-18-20-22-24-29(37)49-27(25-47-28(36)23-21-19-17-15-12-10-8-6-4-2)26-48-53(45,46)51-35-32(40)30(38)31(39)34(33(35)41)50-52(42,43)44;;;;;;;;;;;;;;;;;;;;;;;;/h27,30-35,38-41H,25-26H2,1-2H3,(H,45,46)(H2,42,43,44);1H2;23*1H/t27-,30-,31?,32-,33?,34+,35?;;;;;;;;;;;;;;;;;;;;;;;;/m1......................../s1. The molecule has 0 aromatic rings. The van der Waals surface area contributed by atoms with Gasteiger partial charge in [-0.05, 0) is 120 Å². The molecule has 0 aliphatic heterocycles. The van der Waals surface area contributed by atoms with Crippen LogP contribution < -0.4 is 0 Å². The molecule has 1 rings (SSSR count). The lowest BCUT2D eigenvalue weighted by Crippen LogP contribution is -2.64. The molecule has 0 spiro atoms. The number of phosphoric acid groups is 2. The van der Waals surface area contributed by atoms with E-state index in [9.17, 15) is 44.0 Å². The molecular formula is C35H72O16P2S. The molecule has 0 bridgehead atoms. The second-order valence-corrected chi connectivity index (χ2v) is 11.6. The van der Waals surface area contributed by atoms with Gasteiger partial charge in [0.05, 0.1) is 6.61 Å². The van der Waals surface area contributed by atoms with E-state index in [1.165, 1.54) is 0 Å². The minimum absolute atomic E-state index is 0. The Kier molecular flexibility index (Phi) is 23.6. The Bertz CT molecular complexity index is 2280. The lowest BCUT2D eigenvalue weighted by Gasteiger charge is -2.43. The summed E-state index contributed by atoms with van der Waals surface area (Å²) in [4.78, 5) is 52.7. The van der Waals surface area contributed by atoms with Crippen LogP contribution in [0.15, 0.2) is 0 Å². The molecule has 0 aromatic carbocycles. The van der Waals surface area contributed by atoms with E-state index in [2.05, 4.69) is 123 Å². The maximum Gasteiger partial charge on any atom is 0.472 e. The third-order valence-electron chi connectivity index (χ3n) is 5.24. The van der Waals surface area contributed by atoms with E-state index >= 15 is 0 Å². The predicted octanol–water partition coefficient (Wildman–Crippen LogP) is 2.73. The van der Waals surface area contributed by atoms with Crippen molar-refractivity contribution in [2.24, 2.45) is 0 Å². The fraction of sp³-hybridized carbons (Fsp3) is 0.314. The molecule has 19 heteroatoms. The highest BCUT2D eigenvalue weighted by Gasteiger charge is 2.54. The van der Waals surface area contributed by atoms with Gasteiger partial charge in [-0.1, -0.05) is 11.8 Å². The molecular weight excluding hydrogens is 770 g/mol. The second kappa shape index (κ2) is 26.3. The first kappa shape index (κ1) is 48.5. The largest absolute Gasteiger partial charge is 0.472 e. The van der Waals surface area contributed by atoms with Gasteiger partial charge >= 0.3 is 27.6 Å². The summed E-state index contributed by atoms with van der Waals surface area (Å²) in [6.45, 7) is 1.21. The number of hydrogen-bond donors (Lipinski definition) is 7. The molecule has 0 heterocycles. The number of carbonyl (C=O) groups excluding carboxylic acids is 2. The first-order chi connectivity index (χ1) is 25.1. The predicted molar refractivity (Wildman–Crippen MR) is 238 cm³/mol. The number of phosphoric ester groups is 2. The maximum atomic E-state index is 12.7. The molecule has 0 saturated heterocycles. The Morgan fingerprint density at radius 2 is 0.963 bits per heavy atom. The number of hydrogen-bond acceptors (Lipinski definition) is 13. The number of esters is 2. The fourth-order valence-electron chi connectivity index (χ4n) is 3.18. The summed E-state index contributed by atoms with van der Waals surface area (Å²) in [5.41, 5.74) is 0. The quantitative estimate of drug-likeness (QED) is 0.0722. The zero-order valence-corrected chi connectivity index (χ0v) is 30.4. The molecule has 0 amide bonds. The molecule has 7 N–H and O–H groups in total. The van der Waals surface area contributed by atoms with E-state index in [0.717, 1.165) is 0 Å². The Balaban J connectivity index is -0.0000000532. The van der Waals surface area contributed by atoms with E-state index < -0.39 is 83.5 Å². The van der Waals surface area contributed by atoms with Crippen LogP contribution in [-0.4, -0.2) is 103 Å². The zero-order valence-electron chi connectivity index (χ0n) is 27.7. The molecule has 1 aliphatic carbocycles. The smallest absolute Gasteiger partial charge is 0.452 e. The molecule has 1 fully saturated rings.